The maximum absolute atomic E-state index is 11.1. The van der Waals surface area contributed by atoms with Gasteiger partial charge in [-0.3, -0.25) is 9.59 Å². The minimum Gasteiger partial charge on any atom is -0.481 e. The second kappa shape index (κ2) is 40.4. The fourth-order valence-electron chi connectivity index (χ4n) is 4.25. The Labute approximate surface area is 272 Å². The van der Waals surface area contributed by atoms with Gasteiger partial charge in [-0.05, 0) is 90.4 Å². The van der Waals surface area contributed by atoms with Crippen molar-refractivity contribution in [3.63, 3.8) is 0 Å². The van der Waals surface area contributed by atoms with Gasteiger partial charge in [0.05, 0.1) is 6.61 Å². The molecule has 1 N–H and O–H groups in total. The maximum Gasteiger partial charge on any atom is 0.305 e. The highest BCUT2D eigenvalue weighted by Gasteiger charge is 2.00. The lowest BCUT2D eigenvalue weighted by Gasteiger charge is -2.01. The number of unbranched alkanes of at least 4 members (excludes halogenated alkanes) is 12. The van der Waals surface area contributed by atoms with Crippen LogP contribution in [0.5, 0.6) is 0 Å². The number of rotatable bonds is 29. The van der Waals surface area contributed by atoms with Crippen LogP contribution < -0.4 is 0 Å². The van der Waals surface area contributed by atoms with Crippen LogP contribution in [0.1, 0.15) is 162 Å². The third-order valence-electron chi connectivity index (χ3n) is 6.86. The molecule has 0 aromatic carbocycles. The summed E-state index contributed by atoms with van der Waals surface area (Å²) in [5.41, 5.74) is 0. The number of allylic oxidation sites excluding steroid dienone is 12. The molecule has 0 heterocycles. The molecule has 4 nitrogen and oxygen atoms in total. The number of esters is 1. The number of carboxylic acid groups (broad SMARTS) is 1. The molecule has 0 aromatic rings. The first-order valence-electron chi connectivity index (χ1n) is 17.9. The molecule has 252 valence electrons. The van der Waals surface area contributed by atoms with Crippen LogP contribution in [0.4, 0.5) is 0 Å². The molecular weight excluding hydrogens is 544 g/mol. The Morgan fingerprint density at radius 1 is 0.455 bits per heavy atom. The molecule has 44 heavy (non-hydrogen) atoms. The number of hydrogen-bond donors (Lipinski definition) is 1. The molecule has 0 aliphatic rings. The Hall–Kier alpha value is -2.62. The van der Waals surface area contributed by atoms with Gasteiger partial charge in [0.25, 0.3) is 0 Å². The minimum absolute atomic E-state index is 0.0480. The fraction of sp³-hybridized carbons (Fsp3) is 0.650. The van der Waals surface area contributed by atoms with E-state index in [0.717, 1.165) is 51.4 Å². The second-order valence-corrected chi connectivity index (χ2v) is 11.2. The van der Waals surface area contributed by atoms with Crippen molar-refractivity contribution in [2.45, 2.75) is 162 Å². The van der Waals surface area contributed by atoms with Crippen LogP contribution >= 0.6 is 0 Å². The number of hydrogen-bond acceptors (Lipinski definition) is 3. The van der Waals surface area contributed by atoms with E-state index in [4.69, 9.17) is 9.84 Å². The number of ether oxygens (including phenoxy) is 1. The average molecular weight is 613 g/mol. The van der Waals surface area contributed by atoms with Gasteiger partial charge in [-0.1, -0.05) is 132 Å². The lowest BCUT2D eigenvalue weighted by Crippen LogP contribution is -2.03. The number of carboxylic acids is 1. The van der Waals surface area contributed by atoms with E-state index in [1.54, 1.807) is 0 Å². The molecule has 0 fully saturated rings. The Morgan fingerprint density at radius 2 is 0.818 bits per heavy atom. The summed E-state index contributed by atoms with van der Waals surface area (Å²) in [4.78, 5) is 21.5. The lowest BCUT2D eigenvalue weighted by atomic mass is 10.1. The molecule has 0 atom stereocenters. The quantitative estimate of drug-likeness (QED) is 0.0518. The zero-order chi connectivity index (χ0) is 32.6. The summed E-state index contributed by atoms with van der Waals surface area (Å²) in [5, 5.41) is 8.49. The summed E-state index contributed by atoms with van der Waals surface area (Å²) in [7, 11) is 0. The van der Waals surface area contributed by atoms with Crippen molar-refractivity contribution in [1.29, 1.82) is 0 Å². The molecule has 0 radical (unpaired) electrons. The van der Waals surface area contributed by atoms with E-state index in [1.165, 1.54) is 77.0 Å². The van der Waals surface area contributed by atoms with E-state index in [0.29, 0.717) is 13.0 Å². The van der Waals surface area contributed by atoms with Crippen molar-refractivity contribution < 1.29 is 19.4 Å². The maximum atomic E-state index is 11.1. The van der Waals surface area contributed by atoms with Gasteiger partial charge >= 0.3 is 11.9 Å². The molecule has 0 unspecified atom stereocenters. The van der Waals surface area contributed by atoms with E-state index in [9.17, 15) is 9.59 Å². The third-order valence-corrected chi connectivity index (χ3v) is 6.86. The van der Waals surface area contributed by atoms with E-state index < -0.39 is 5.97 Å². The van der Waals surface area contributed by atoms with Gasteiger partial charge in [-0.2, -0.15) is 0 Å². The summed E-state index contributed by atoms with van der Waals surface area (Å²) in [6.45, 7) is 6.83. The van der Waals surface area contributed by atoms with Gasteiger partial charge < -0.3 is 9.84 Å². The van der Waals surface area contributed by atoms with E-state index in [2.05, 4.69) is 86.8 Å². The molecule has 0 aliphatic heterocycles. The summed E-state index contributed by atoms with van der Waals surface area (Å²) in [5.74, 6) is -0.760. The number of carbonyl (C=O) groups excluding carboxylic acids is 1. The molecule has 0 rings (SSSR count). The van der Waals surface area contributed by atoms with Gasteiger partial charge in [0.15, 0.2) is 0 Å². The zero-order valence-electron chi connectivity index (χ0n) is 28.9. The smallest absolute Gasteiger partial charge is 0.305 e. The topological polar surface area (TPSA) is 63.6 Å². The normalized spacial score (nSPS) is 12.0. The van der Waals surface area contributed by atoms with Crippen molar-refractivity contribution in [3.8, 4) is 0 Å². The molecule has 4 heteroatoms. The summed E-state index contributed by atoms with van der Waals surface area (Å²) >= 11 is 0. The van der Waals surface area contributed by atoms with Gasteiger partial charge in [-0.15, -0.1) is 0 Å². The predicted molar refractivity (Wildman–Crippen MR) is 192 cm³/mol. The largest absolute Gasteiger partial charge is 0.481 e. The predicted octanol–water partition coefficient (Wildman–Crippen LogP) is 12.6. The molecule has 0 amide bonds. The second-order valence-electron chi connectivity index (χ2n) is 11.2. The van der Waals surface area contributed by atoms with Crippen molar-refractivity contribution >= 4 is 11.9 Å². The van der Waals surface area contributed by atoms with Gasteiger partial charge in [0.2, 0.25) is 0 Å². The van der Waals surface area contributed by atoms with Crippen LogP contribution in [0.15, 0.2) is 72.9 Å². The highest BCUT2D eigenvalue weighted by Crippen LogP contribution is 2.09. The van der Waals surface area contributed by atoms with Crippen molar-refractivity contribution in [2.24, 2.45) is 0 Å². The monoisotopic (exact) mass is 613 g/mol. The zero-order valence-corrected chi connectivity index (χ0v) is 28.9. The Morgan fingerprint density at radius 3 is 1.23 bits per heavy atom. The molecule has 0 aromatic heterocycles. The van der Waals surface area contributed by atoms with Crippen LogP contribution in [0.3, 0.4) is 0 Å². The first kappa shape index (κ1) is 43.5. The first-order chi connectivity index (χ1) is 21.6. The van der Waals surface area contributed by atoms with E-state index >= 15 is 0 Å². The van der Waals surface area contributed by atoms with Crippen molar-refractivity contribution in [2.75, 3.05) is 6.61 Å². The lowest BCUT2D eigenvalue weighted by molar-refractivity contribution is -0.143. The Kier molecular flexibility index (Phi) is 39.9. The highest BCUT2D eigenvalue weighted by molar-refractivity contribution is 5.69. The molecule has 0 spiro atoms. The summed E-state index contributed by atoms with van der Waals surface area (Å²) < 4.78 is 4.91. The SMILES string of the molecule is CCCCC/C=C\C/C=C\C/C=C\C/C=C\CCCC(=O)O.CCCCC/C=C\C/C=C\CCCCCCCC(=O)OCC. The summed E-state index contributed by atoms with van der Waals surface area (Å²) in [6, 6.07) is 0. The van der Waals surface area contributed by atoms with Crippen LogP contribution in [-0.2, 0) is 14.3 Å². The molecule has 0 saturated heterocycles. The summed E-state index contributed by atoms with van der Waals surface area (Å²) in [6.07, 6.45) is 50.4. The highest BCUT2D eigenvalue weighted by atomic mass is 16.5. The van der Waals surface area contributed by atoms with E-state index in [-0.39, 0.29) is 12.4 Å². The van der Waals surface area contributed by atoms with Crippen molar-refractivity contribution in [1.82, 2.24) is 0 Å². The number of aliphatic carboxylic acids is 1. The van der Waals surface area contributed by atoms with Crippen LogP contribution in [0.25, 0.3) is 0 Å². The van der Waals surface area contributed by atoms with Crippen LogP contribution in [0, 0.1) is 0 Å². The fourth-order valence-corrected chi connectivity index (χ4v) is 4.25. The Balaban J connectivity index is 0. The minimum atomic E-state index is -0.712. The molecule has 0 aliphatic carbocycles. The van der Waals surface area contributed by atoms with Gasteiger partial charge in [-0.25, -0.2) is 0 Å². The number of carbonyl (C=O) groups is 2. The Bertz CT molecular complexity index is 785. The van der Waals surface area contributed by atoms with Crippen LogP contribution in [-0.4, -0.2) is 23.7 Å². The van der Waals surface area contributed by atoms with Crippen molar-refractivity contribution in [3.05, 3.63) is 72.9 Å². The first-order valence-corrected chi connectivity index (χ1v) is 17.9. The van der Waals surface area contributed by atoms with Gasteiger partial charge in [0.1, 0.15) is 0 Å². The average Bonchev–Trinajstić information content (AvgIpc) is 3.01. The third kappa shape index (κ3) is 43.8. The molecular formula is C40H68O4. The standard InChI is InChI=1S/C20H36O2.C20H32O2/c1-3-5-6-7-8-9-10-11-12-13-14-15-16-17-18-19-20(21)22-4-2;1-2-3-4-5-6-7-8-9-10-11-12-13-14-15-16-17-18-19-20(21)22/h8-9,11-12H,3-7,10,13-19H2,1-2H3;6-7,9-10,12-13,15-16H,2-5,8,11,14,17-19H2,1H3,(H,21,22)/b9-8-,12-11-;7-6-,10-9-,13-12-,16-15-. The van der Waals surface area contributed by atoms with Crippen LogP contribution in [0.2, 0.25) is 0 Å². The molecule has 0 bridgehead atoms. The molecule has 0 saturated carbocycles. The van der Waals surface area contributed by atoms with Gasteiger partial charge in [0, 0.05) is 12.8 Å². The van der Waals surface area contributed by atoms with E-state index in [1.807, 2.05) is 6.92 Å².